The highest BCUT2D eigenvalue weighted by atomic mass is 19.3. The normalized spacial score (nSPS) is 16.1. The quantitative estimate of drug-likeness (QED) is 0.619. The van der Waals surface area contributed by atoms with E-state index in [9.17, 15) is 13.2 Å². The van der Waals surface area contributed by atoms with E-state index in [1.807, 2.05) is 13.0 Å². The number of pyridine rings is 1. The van der Waals surface area contributed by atoms with E-state index in [1.54, 1.807) is 13.8 Å². The largest absolute Gasteiger partial charge is 0.367 e. The number of fused-ring (bicyclic) bond motifs is 1. The van der Waals surface area contributed by atoms with Gasteiger partial charge in [-0.2, -0.15) is 0 Å². The molecule has 2 aromatic heterocycles. The van der Waals surface area contributed by atoms with Crippen molar-refractivity contribution < 1.29 is 13.2 Å². The zero-order valence-corrected chi connectivity index (χ0v) is 18.7. The Bertz CT molecular complexity index is 1130. The molecule has 0 amide bonds. The van der Waals surface area contributed by atoms with Crippen molar-refractivity contribution in [3.63, 3.8) is 0 Å². The van der Waals surface area contributed by atoms with Gasteiger partial charge in [0.2, 0.25) is 0 Å². The Morgan fingerprint density at radius 3 is 2.38 bits per heavy atom. The maximum atomic E-state index is 14.7. The average molecular weight is 445 g/mol. The van der Waals surface area contributed by atoms with Gasteiger partial charge in [-0.05, 0) is 33.9 Å². The summed E-state index contributed by atoms with van der Waals surface area (Å²) in [5.41, 5.74) is 2.00. The number of nitrogens with zero attached hydrogens (tertiary/aromatic N) is 5. The maximum absolute atomic E-state index is 14.7. The van der Waals surface area contributed by atoms with E-state index >= 15 is 0 Å². The zero-order valence-electron chi connectivity index (χ0n) is 18.7. The third-order valence-corrected chi connectivity index (χ3v) is 5.92. The fraction of sp³-hybridized carbons (Fsp3) is 0.435. The van der Waals surface area contributed by atoms with Gasteiger partial charge in [0.25, 0.3) is 6.43 Å². The highest BCUT2D eigenvalue weighted by Gasteiger charge is 2.22. The predicted molar refractivity (Wildman–Crippen MR) is 120 cm³/mol. The van der Waals surface area contributed by atoms with Gasteiger partial charge in [-0.25, -0.2) is 28.1 Å². The van der Waals surface area contributed by atoms with Crippen LogP contribution in [-0.2, 0) is 0 Å². The highest BCUT2D eigenvalue weighted by Crippen LogP contribution is 2.32. The molecule has 1 N–H and O–H groups in total. The average Bonchev–Trinajstić information content (AvgIpc) is 2.73. The third-order valence-electron chi connectivity index (χ3n) is 5.92. The SMILES string of the molecule is Cc1nc(N[C@H](C)c2cccc(C(F)F)c2F)c2cc(N3CCN(C)CC3)c(C)nc2n1. The van der Waals surface area contributed by atoms with E-state index in [1.165, 1.54) is 12.1 Å². The molecule has 1 aliphatic heterocycles. The number of nitrogens with one attached hydrogen (secondary N) is 1. The van der Waals surface area contributed by atoms with Gasteiger partial charge in [-0.3, -0.25) is 0 Å². The maximum Gasteiger partial charge on any atom is 0.266 e. The standard InChI is InChI=1S/C23H27F3N6/c1-13(16-6-5-7-17(20(16)24)21(25)26)27-22-18-12-19(32-10-8-31(4)9-11-32)14(2)28-23(18)30-15(3)29-22/h5-7,12-13,21H,8-11H2,1-4H3,(H,27,28,29,30)/t13-/m1/s1. The summed E-state index contributed by atoms with van der Waals surface area (Å²) in [6.45, 7) is 9.15. The molecule has 4 rings (SSSR count). The molecule has 1 fully saturated rings. The van der Waals surface area contributed by atoms with E-state index in [0.29, 0.717) is 22.7 Å². The van der Waals surface area contributed by atoms with Crippen LogP contribution in [-0.4, -0.2) is 53.1 Å². The summed E-state index contributed by atoms with van der Waals surface area (Å²) in [7, 11) is 2.10. The minimum absolute atomic E-state index is 0.159. The Hall–Kier alpha value is -2.94. The van der Waals surface area contributed by atoms with Crippen LogP contribution in [0.3, 0.4) is 0 Å². The molecular formula is C23H27F3N6. The number of benzene rings is 1. The Kier molecular flexibility index (Phi) is 6.19. The van der Waals surface area contributed by atoms with Gasteiger partial charge in [-0.15, -0.1) is 0 Å². The monoisotopic (exact) mass is 444 g/mol. The topological polar surface area (TPSA) is 57.2 Å². The molecule has 9 heteroatoms. The number of anilines is 2. The van der Waals surface area contributed by atoms with E-state index < -0.39 is 23.8 Å². The molecule has 1 aromatic carbocycles. The Morgan fingerprint density at radius 2 is 1.69 bits per heavy atom. The number of alkyl halides is 2. The van der Waals surface area contributed by atoms with Crippen molar-refractivity contribution in [3.05, 3.63) is 52.7 Å². The molecular weight excluding hydrogens is 417 g/mol. The lowest BCUT2D eigenvalue weighted by Crippen LogP contribution is -2.44. The van der Waals surface area contributed by atoms with Crippen LogP contribution in [0.4, 0.5) is 24.7 Å². The molecule has 0 unspecified atom stereocenters. The Labute approximate surface area is 185 Å². The van der Waals surface area contributed by atoms with Crippen molar-refractivity contribution in [1.29, 1.82) is 0 Å². The number of piperazine rings is 1. The van der Waals surface area contributed by atoms with Crippen molar-refractivity contribution in [3.8, 4) is 0 Å². The van der Waals surface area contributed by atoms with Crippen LogP contribution in [0.15, 0.2) is 24.3 Å². The van der Waals surface area contributed by atoms with Gasteiger partial charge in [0.15, 0.2) is 5.65 Å². The Balaban J connectivity index is 1.72. The molecule has 6 nitrogen and oxygen atoms in total. The van der Waals surface area contributed by atoms with E-state index in [-0.39, 0.29) is 5.56 Å². The van der Waals surface area contributed by atoms with Gasteiger partial charge in [-0.1, -0.05) is 18.2 Å². The van der Waals surface area contributed by atoms with E-state index in [0.717, 1.165) is 43.6 Å². The summed E-state index contributed by atoms with van der Waals surface area (Å²) >= 11 is 0. The lowest BCUT2D eigenvalue weighted by molar-refractivity contribution is 0.146. The number of likely N-dealkylation sites (N-methyl/N-ethyl adjacent to an activating group) is 1. The van der Waals surface area contributed by atoms with Crippen molar-refractivity contribution in [1.82, 2.24) is 19.9 Å². The molecule has 0 aliphatic carbocycles. The van der Waals surface area contributed by atoms with Gasteiger partial charge < -0.3 is 15.1 Å². The number of hydrogen-bond acceptors (Lipinski definition) is 6. The minimum atomic E-state index is -2.87. The van der Waals surface area contributed by atoms with Gasteiger partial charge in [0.1, 0.15) is 17.5 Å². The Morgan fingerprint density at radius 1 is 1.00 bits per heavy atom. The number of aryl methyl sites for hydroxylation is 2. The summed E-state index contributed by atoms with van der Waals surface area (Å²) in [5, 5.41) is 3.92. The van der Waals surface area contributed by atoms with Crippen LogP contribution in [0.2, 0.25) is 0 Å². The fourth-order valence-electron chi connectivity index (χ4n) is 4.07. The summed E-state index contributed by atoms with van der Waals surface area (Å²) in [5.74, 6) is 0.127. The summed E-state index contributed by atoms with van der Waals surface area (Å²) in [4.78, 5) is 18.3. The summed E-state index contributed by atoms with van der Waals surface area (Å²) < 4.78 is 41.0. The molecule has 1 saturated heterocycles. The summed E-state index contributed by atoms with van der Waals surface area (Å²) in [6, 6.07) is 5.49. The van der Waals surface area contributed by atoms with Crippen LogP contribution in [0.5, 0.6) is 0 Å². The molecule has 0 bridgehead atoms. The molecule has 0 saturated carbocycles. The third kappa shape index (κ3) is 4.34. The van der Waals surface area contributed by atoms with E-state index in [2.05, 4.69) is 32.1 Å². The van der Waals surface area contributed by atoms with E-state index in [4.69, 9.17) is 4.98 Å². The molecule has 3 aromatic rings. The smallest absolute Gasteiger partial charge is 0.266 e. The van der Waals surface area contributed by atoms with Crippen LogP contribution >= 0.6 is 0 Å². The fourth-order valence-corrected chi connectivity index (χ4v) is 4.07. The van der Waals surface area contributed by atoms with Crippen molar-refractivity contribution in [2.24, 2.45) is 0 Å². The van der Waals surface area contributed by atoms with Gasteiger partial charge in [0.05, 0.1) is 28.4 Å². The van der Waals surface area contributed by atoms with Crippen molar-refractivity contribution in [2.75, 3.05) is 43.4 Å². The van der Waals surface area contributed by atoms with Gasteiger partial charge >= 0.3 is 0 Å². The second-order valence-electron chi connectivity index (χ2n) is 8.29. The van der Waals surface area contributed by atoms with Crippen molar-refractivity contribution >= 4 is 22.5 Å². The first-order valence-corrected chi connectivity index (χ1v) is 10.7. The number of aromatic nitrogens is 3. The molecule has 0 radical (unpaired) electrons. The van der Waals surface area contributed by atoms with Crippen molar-refractivity contribution in [2.45, 2.75) is 33.2 Å². The van der Waals surface area contributed by atoms with Crippen LogP contribution < -0.4 is 10.2 Å². The van der Waals surface area contributed by atoms with Crippen LogP contribution in [0, 0.1) is 19.7 Å². The second kappa shape index (κ2) is 8.90. The first-order chi connectivity index (χ1) is 15.2. The highest BCUT2D eigenvalue weighted by molar-refractivity contribution is 5.90. The van der Waals surface area contributed by atoms with Crippen LogP contribution in [0.25, 0.3) is 11.0 Å². The number of hydrogen-bond donors (Lipinski definition) is 1. The lowest BCUT2D eigenvalue weighted by atomic mass is 10.0. The summed E-state index contributed by atoms with van der Waals surface area (Å²) in [6.07, 6.45) is -2.87. The van der Waals surface area contributed by atoms with Gasteiger partial charge in [0, 0.05) is 31.7 Å². The molecule has 0 spiro atoms. The molecule has 32 heavy (non-hydrogen) atoms. The lowest BCUT2D eigenvalue weighted by Gasteiger charge is -2.34. The molecule has 170 valence electrons. The molecule has 3 heterocycles. The first kappa shape index (κ1) is 22.3. The minimum Gasteiger partial charge on any atom is -0.367 e. The zero-order chi connectivity index (χ0) is 23.0. The molecule has 1 atom stereocenters. The number of rotatable bonds is 5. The molecule has 1 aliphatic rings. The second-order valence-corrected chi connectivity index (χ2v) is 8.29. The number of halogens is 3. The first-order valence-electron chi connectivity index (χ1n) is 10.7. The van der Waals surface area contributed by atoms with Crippen LogP contribution in [0.1, 0.15) is 42.0 Å². The predicted octanol–water partition coefficient (Wildman–Crippen LogP) is 4.64.